The van der Waals surface area contributed by atoms with E-state index in [0.717, 1.165) is 39.0 Å². The highest BCUT2D eigenvalue weighted by atomic mass is 16.5. The Kier molecular flexibility index (Phi) is 5.03. The fourth-order valence-corrected chi connectivity index (χ4v) is 4.69. The van der Waals surface area contributed by atoms with Gasteiger partial charge in [-0.1, -0.05) is 6.92 Å². The van der Waals surface area contributed by atoms with Crippen LogP contribution in [0.4, 0.5) is 5.95 Å². The van der Waals surface area contributed by atoms with Crippen molar-refractivity contribution in [1.29, 1.82) is 0 Å². The van der Waals surface area contributed by atoms with Crippen LogP contribution in [0.2, 0.25) is 0 Å². The van der Waals surface area contributed by atoms with Crippen molar-refractivity contribution < 1.29 is 14.1 Å². The highest BCUT2D eigenvalue weighted by Gasteiger charge is 2.44. The lowest BCUT2D eigenvalue weighted by Gasteiger charge is -2.38. The van der Waals surface area contributed by atoms with Gasteiger partial charge in [0.05, 0.1) is 12.1 Å². The van der Waals surface area contributed by atoms with Crippen LogP contribution in [-0.2, 0) is 11.2 Å². The van der Waals surface area contributed by atoms with Crippen molar-refractivity contribution in [2.75, 3.05) is 24.6 Å². The Balaban J connectivity index is 1.27. The first-order valence-electron chi connectivity index (χ1n) is 10.8. The minimum atomic E-state index is -0.0564. The highest BCUT2D eigenvalue weighted by Crippen LogP contribution is 2.40. The maximum Gasteiger partial charge on any atom is 0.267 e. The van der Waals surface area contributed by atoms with E-state index in [2.05, 4.69) is 25.3 Å². The van der Waals surface area contributed by atoms with E-state index in [1.165, 1.54) is 12.8 Å². The summed E-state index contributed by atoms with van der Waals surface area (Å²) >= 11 is 0. The molecule has 1 aliphatic heterocycles. The van der Waals surface area contributed by atoms with E-state index >= 15 is 0 Å². The third kappa shape index (κ3) is 4.03. The molecule has 0 spiro atoms. The molecule has 2 aromatic rings. The Bertz CT molecular complexity index is 831. The van der Waals surface area contributed by atoms with Gasteiger partial charge >= 0.3 is 0 Å². The predicted octanol–water partition coefficient (Wildman–Crippen LogP) is 2.40. The van der Waals surface area contributed by atoms with Gasteiger partial charge in [0.25, 0.3) is 11.9 Å². The summed E-state index contributed by atoms with van der Waals surface area (Å²) in [7, 11) is 0. The minimum Gasteiger partial charge on any atom is -0.376 e. The van der Waals surface area contributed by atoms with Gasteiger partial charge < -0.3 is 24.5 Å². The van der Waals surface area contributed by atoms with Crippen LogP contribution in [-0.4, -0.2) is 52.9 Å². The number of fused-ring (bicyclic) bond motifs is 1. The molecule has 29 heavy (non-hydrogen) atoms. The van der Waals surface area contributed by atoms with Gasteiger partial charge in [0.15, 0.2) is 0 Å². The number of hydrogen-bond donors (Lipinski definition) is 2. The van der Waals surface area contributed by atoms with E-state index in [9.17, 15) is 4.79 Å². The number of carbonyl (C=O) groups is 1. The van der Waals surface area contributed by atoms with Gasteiger partial charge in [0, 0.05) is 32.3 Å². The zero-order valence-corrected chi connectivity index (χ0v) is 16.8. The molecule has 0 radical (unpaired) electrons. The summed E-state index contributed by atoms with van der Waals surface area (Å²) < 4.78 is 11.6. The second-order valence-corrected chi connectivity index (χ2v) is 8.72. The molecule has 2 N–H and O–H groups in total. The van der Waals surface area contributed by atoms with Crippen LogP contribution >= 0.6 is 0 Å². The smallest absolute Gasteiger partial charge is 0.267 e. The minimum absolute atomic E-state index is 0.0298. The molecular formula is C21H29N5O3. The summed E-state index contributed by atoms with van der Waals surface area (Å²) in [6.45, 7) is 4.65. The van der Waals surface area contributed by atoms with Crippen LogP contribution in [0.1, 0.15) is 49.0 Å². The van der Waals surface area contributed by atoms with E-state index in [1.807, 2.05) is 13.0 Å². The second kappa shape index (κ2) is 7.82. The molecule has 2 aromatic heterocycles. The molecule has 1 saturated heterocycles. The van der Waals surface area contributed by atoms with Crippen LogP contribution in [0, 0.1) is 17.8 Å². The quantitative estimate of drug-likeness (QED) is 0.742. The number of hydrogen-bond acceptors (Lipinski definition) is 6. The standard InChI is InChI=1S/C21H29N5O3/c1-2-19-24-21(25-29-19)26-10-14-8-17(23-20(27)16-4-3-7-22-16)18(9-15(14)11-26)28-12-13-5-6-13/h3-4,7,13-15,17-18,22H,2,5-6,8-12H2,1H3,(H,23,27)/t14-,15+,17-,18-/m0/s1. The summed E-state index contributed by atoms with van der Waals surface area (Å²) in [5.41, 5.74) is 0.597. The first kappa shape index (κ1) is 18.7. The summed E-state index contributed by atoms with van der Waals surface area (Å²) in [6.07, 6.45) is 7.00. The number of ether oxygens (including phenoxy) is 1. The Morgan fingerprint density at radius 3 is 2.86 bits per heavy atom. The lowest BCUT2D eigenvalue weighted by molar-refractivity contribution is -0.0211. The molecule has 0 unspecified atom stereocenters. The normalized spacial score (nSPS) is 29.1. The third-order valence-electron chi connectivity index (χ3n) is 6.56. The van der Waals surface area contributed by atoms with Crippen LogP contribution in [0.5, 0.6) is 0 Å². The molecule has 0 aromatic carbocycles. The first-order valence-corrected chi connectivity index (χ1v) is 10.8. The van der Waals surface area contributed by atoms with Crippen molar-refractivity contribution in [3.8, 4) is 0 Å². The predicted molar refractivity (Wildman–Crippen MR) is 107 cm³/mol. The number of carbonyl (C=O) groups excluding carboxylic acids is 1. The topological polar surface area (TPSA) is 96.3 Å². The van der Waals surface area contributed by atoms with E-state index in [1.54, 1.807) is 12.3 Å². The average molecular weight is 399 g/mol. The van der Waals surface area contributed by atoms with Crippen LogP contribution in [0.15, 0.2) is 22.9 Å². The van der Waals surface area contributed by atoms with Gasteiger partial charge in [-0.2, -0.15) is 4.98 Å². The Morgan fingerprint density at radius 1 is 1.34 bits per heavy atom. The summed E-state index contributed by atoms with van der Waals surface area (Å²) in [5.74, 6) is 3.04. The molecule has 5 rings (SSSR count). The molecule has 3 fully saturated rings. The summed E-state index contributed by atoms with van der Waals surface area (Å²) in [5, 5.41) is 7.38. The number of H-pyrrole nitrogens is 1. The molecule has 3 aliphatic rings. The van der Waals surface area contributed by atoms with E-state index in [-0.39, 0.29) is 18.1 Å². The molecule has 8 nitrogen and oxygen atoms in total. The molecule has 4 atom stereocenters. The zero-order valence-electron chi connectivity index (χ0n) is 16.8. The van der Waals surface area contributed by atoms with Crippen molar-refractivity contribution in [2.45, 2.75) is 51.2 Å². The summed E-state index contributed by atoms with van der Waals surface area (Å²) in [6, 6.07) is 3.68. The highest BCUT2D eigenvalue weighted by molar-refractivity contribution is 5.92. The largest absolute Gasteiger partial charge is 0.376 e. The van der Waals surface area contributed by atoms with Crippen LogP contribution in [0.3, 0.4) is 0 Å². The van der Waals surface area contributed by atoms with E-state index in [0.29, 0.717) is 35.3 Å². The number of rotatable bonds is 7. The first-order chi connectivity index (χ1) is 14.2. The average Bonchev–Trinajstić information content (AvgIpc) is 3.15. The number of nitrogens with zero attached hydrogens (tertiary/aromatic N) is 3. The molecule has 3 heterocycles. The van der Waals surface area contributed by atoms with Crippen molar-refractivity contribution in [2.24, 2.45) is 17.8 Å². The van der Waals surface area contributed by atoms with Gasteiger partial charge in [0.1, 0.15) is 5.69 Å². The SMILES string of the molecule is CCc1nc(N2C[C@H]3C[C@H](OCC4CC4)[C@@H](NC(=O)c4ccc[nH]4)C[C@H]3C2)no1. The van der Waals surface area contributed by atoms with Gasteiger partial charge in [-0.25, -0.2) is 0 Å². The van der Waals surface area contributed by atoms with Crippen LogP contribution in [0.25, 0.3) is 0 Å². The monoisotopic (exact) mass is 399 g/mol. The summed E-state index contributed by atoms with van der Waals surface area (Å²) in [4.78, 5) is 22.4. The fraction of sp³-hybridized carbons (Fsp3) is 0.667. The molecule has 8 heteroatoms. The van der Waals surface area contributed by atoms with Crippen molar-refractivity contribution in [3.05, 3.63) is 29.9 Å². The maximum absolute atomic E-state index is 12.6. The number of aryl methyl sites for hydroxylation is 1. The Hall–Kier alpha value is -2.35. The number of amides is 1. The van der Waals surface area contributed by atoms with Crippen molar-refractivity contribution in [1.82, 2.24) is 20.4 Å². The molecule has 2 aliphatic carbocycles. The molecule has 156 valence electrons. The molecule has 0 bridgehead atoms. The molecule has 1 amide bonds. The number of aromatic nitrogens is 3. The van der Waals surface area contributed by atoms with Crippen molar-refractivity contribution >= 4 is 11.9 Å². The maximum atomic E-state index is 12.6. The fourth-order valence-electron chi connectivity index (χ4n) is 4.69. The zero-order chi connectivity index (χ0) is 19.8. The second-order valence-electron chi connectivity index (χ2n) is 8.72. The number of anilines is 1. The van der Waals surface area contributed by atoms with E-state index < -0.39 is 0 Å². The van der Waals surface area contributed by atoms with Crippen LogP contribution < -0.4 is 10.2 Å². The Labute approximate surface area is 170 Å². The molecule has 2 saturated carbocycles. The molecular weight excluding hydrogens is 370 g/mol. The lowest BCUT2D eigenvalue weighted by atomic mass is 9.77. The lowest BCUT2D eigenvalue weighted by Crippen LogP contribution is -2.50. The number of aromatic amines is 1. The van der Waals surface area contributed by atoms with Gasteiger partial charge in [0.2, 0.25) is 5.89 Å². The van der Waals surface area contributed by atoms with Crippen molar-refractivity contribution in [3.63, 3.8) is 0 Å². The van der Waals surface area contributed by atoms with E-state index in [4.69, 9.17) is 9.26 Å². The Morgan fingerprint density at radius 2 is 2.17 bits per heavy atom. The number of nitrogens with one attached hydrogen (secondary N) is 2. The van der Waals surface area contributed by atoms with Gasteiger partial charge in [-0.05, 0) is 60.7 Å². The van der Waals surface area contributed by atoms with Gasteiger partial charge in [-0.3, -0.25) is 4.79 Å². The van der Waals surface area contributed by atoms with Gasteiger partial charge in [-0.15, -0.1) is 0 Å². The third-order valence-corrected chi connectivity index (χ3v) is 6.56.